The number of carbonyl (C=O) groups excluding carboxylic acids is 2. The minimum Gasteiger partial charge on any atom is -0.495 e. The summed E-state index contributed by atoms with van der Waals surface area (Å²) < 4.78 is 15.8. The van der Waals surface area contributed by atoms with Gasteiger partial charge >= 0.3 is 5.97 Å². The second-order valence-corrected chi connectivity index (χ2v) is 6.18. The average molecular weight is 371 g/mol. The Morgan fingerprint density at radius 3 is 2.56 bits per heavy atom. The lowest BCUT2D eigenvalue weighted by atomic mass is 10.2. The van der Waals surface area contributed by atoms with Crippen LogP contribution in [0.25, 0.3) is 0 Å². The van der Waals surface area contributed by atoms with E-state index in [2.05, 4.69) is 5.32 Å². The van der Waals surface area contributed by atoms with Gasteiger partial charge in [-0.25, -0.2) is 0 Å². The molecular formula is C21H25NO5. The third-order valence-corrected chi connectivity index (χ3v) is 3.78. The molecular weight excluding hydrogens is 346 g/mol. The number of aryl methyl sites for hydroxylation is 2. The van der Waals surface area contributed by atoms with E-state index in [-0.39, 0.29) is 13.0 Å². The Kier molecular flexibility index (Phi) is 7.67. The van der Waals surface area contributed by atoms with E-state index in [9.17, 15) is 9.59 Å². The van der Waals surface area contributed by atoms with E-state index < -0.39 is 11.9 Å². The lowest BCUT2D eigenvalue weighted by molar-refractivity contribution is -0.147. The molecule has 0 heterocycles. The minimum absolute atomic E-state index is 0.187. The standard InChI is InChI=1S/C21H25NO5/c1-15-6-4-7-17(12-15)26-11-5-8-21(24)27-14-20(23)22-18-13-16(2)9-10-19(18)25-3/h4,6-7,9-10,12-13H,5,8,11,14H2,1-3H3,(H,22,23). The van der Waals surface area contributed by atoms with E-state index in [0.29, 0.717) is 24.5 Å². The first-order valence-electron chi connectivity index (χ1n) is 8.77. The summed E-state index contributed by atoms with van der Waals surface area (Å²) in [5.74, 6) is 0.473. The van der Waals surface area contributed by atoms with Gasteiger partial charge in [-0.2, -0.15) is 0 Å². The second-order valence-electron chi connectivity index (χ2n) is 6.18. The summed E-state index contributed by atoms with van der Waals surface area (Å²) >= 11 is 0. The number of nitrogens with one attached hydrogen (secondary N) is 1. The average Bonchev–Trinajstić information content (AvgIpc) is 2.64. The topological polar surface area (TPSA) is 73.9 Å². The van der Waals surface area contributed by atoms with Gasteiger partial charge in [0.1, 0.15) is 11.5 Å². The molecule has 0 atom stereocenters. The van der Waals surface area contributed by atoms with Crippen molar-refractivity contribution in [3.8, 4) is 11.5 Å². The largest absolute Gasteiger partial charge is 0.495 e. The molecule has 0 aliphatic heterocycles. The highest BCUT2D eigenvalue weighted by atomic mass is 16.5. The van der Waals surface area contributed by atoms with Crippen LogP contribution in [0.5, 0.6) is 11.5 Å². The Labute approximate surface area is 159 Å². The smallest absolute Gasteiger partial charge is 0.306 e. The van der Waals surface area contributed by atoms with Crippen LogP contribution < -0.4 is 14.8 Å². The molecule has 6 heteroatoms. The normalized spacial score (nSPS) is 10.2. The Bertz CT molecular complexity index is 788. The van der Waals surface area contributed by atoms with E-state index in [1.165, 1.54) is 7.11 Å². The molecule has 2 aromatic rings. The molecule has 6 nitrogen and oxygen atoms in total. The predicted octanol–water partition coefficient (Wildman–Crippen LogP) is 3.65. The number of esters is 1. The Hall–Kier alpha value is -3.02. The van der Waals surface area contributed by atoms with Gasteiger partial charge in [-0.15, -0.1) is 0 Å². The highest BCUT2D eigenvalue weighted by Gasteiger charge is 2.11. The molecule has 0 aromatic heterocycles. The number of hydrogen-bond acceptors (Lipinski definition) is 5. The van der Waals surface area contributed by atoms with E-state index in [4.69, 9.17) is 14.2 Å². The summed E-state index contributed by atoms with van der Waals surface area (Å²) in [6.07, 6.45) is 0.701. The quantitative estimate of drug-likeness (QED) is 0.538. The fraction of sp³-hybridized carbons (Fsp3) is 0.333. The molecule has 0 radical (unpaired) electrons. The van der Waals surface area contributed by atoms with Crippen molar-refractivity contribution >= 4 is 17.6 Å². The fourth-order valence-corrected chi connectivity index (χ4v) is 2.44. The molecule has 0 aliphatic carbocycles. The maximum Gasteiger partial charge on any atom is 0.306 e. The lowest BCUT2D eigenvalue weighted by Gasteiger charge is -2.11. The maximum absolute atomic E-state index is 12.0. The number of rotatable bonds is 9. The highest BCUT2D eigenvalue weighted by Crippen LogP contribution is 2.25. The van der Waals surface area contributed by atoms with Crippen LogP contribution in [0.2, 0.25) is 0 Å². The van der Waals surface area contributed by atoms with Crippen molar-refractivity contribution in [3.05, 3.63) is 53.6 Å². The molecule has 144 valence electrons. The first kappa shape index (κ1) is 20.3. The molecule has 27 heavy (non-hydrogen) atoms. The zero-order chi connectivity index (χ0) is 19.6. The van der Waals surface area contributed by atoms with Crippen molar-refractivity contribution in [2.24, 2.45) is 0 Å². The van der Waals surface area contributed by atoms with Gasteiger partial charge in [-0.05, 0) is 55.7 Å². The van der Waals surface area contributed by atoms with Crippen LogP contribution in [0.3, 0.4) is 0 Å². The van der Waals surface area contributed by atoms with Crippen LogP contribution in [0, 0.1) is 13.8 Å². The lowest BCUT2D eigenvalue weighted by Crippen LogP contribution is -2.21. The van der Waals surface area contributed by atoms with Gasteiger partial charge in [-0.1, -0.05) is 18.2 Å². The van der Waals surface area contributed by atoms with Crippen molar-refractivity contribution in [1.82, 2.24) is 0 Å². The molecule has 0 unspecified atom stereocenters. The summed E-state index contributed by atoms with van der Waals surface area (Å²) in [5, 5.41) is 2.69. The number of anilines is 1. The molecule has 0 aliphatic rings. The van der Waals surface area contributed by atoms with Crippen LogP contribution >= 0.6 is 0 Å². The van der Waals surface area contributed by atoms with Crippen molar-refractivity contribution in [2.45, 2.75) is 26.7 Å². The molecule has 1 amide bonds. The third-order valence-electron chi connectivity index (χ3n) is 3.78. The number of ether oxygens (including phenoxy) is 3. The summed E-state index contributed by atoms with van der Waals surface area (Å²) in [4.78, 5) is 23.7. The highest BCUT2D eigenvalue weighted by molar-refractivity contribution is 5.94. The zero-order valence-corrected chi connectivity index (χ0v) is 15.9. The van der Waals surface area contributed by atoms with Crippen LogP contribution in [0.1, 0.15) is 24.0 Å². The van der Waals surface area contributed by atoms with Crippen LogP contribution in [-0.2, 0) is 14.3 Å². The molecule has 0 saturated carbocycles. The van der Waals surface area contributed by atoms with Crippen molar-refractivity contribution in [2.75, 3.05) is 25.6 Å². The SMILES string of the molecule is COc1ccc(C)cc1NC(=O)COC(=O)CCCOc1cccc(C)c1. The first-order valence-corrected chi connectivity index (χ1v) is 8.77. The Balaban J connectivity index is 1.67. The van der Waals surface area contributed by atoms with Gasteiger partial charge in [0.15, 0.2) is 6.61 Å². The Morgan fingerprint density at radius 1 is 1.04 bits per heavy atom. The number of carbonyl (C=O) groups is 2. The summed E-state index contributed by atoms with van der Waals surface area (Å²) in [7, 11) is 1.53. The van der Waals surface area contributed by atoms with E-state index >= 15 is 0 Å². The molecule has 0 spiro atoms. The molecule has 0 fully saturated rings. The predicted molar refractivity (Wildman–Crippen MR) is 103 cm³/mol. The minimum atomic E-state index is -0.436. The molecule has 0 saturated heterocycles. The molecule has 0 bridgehead atoms. The maximum atomic E-state index is 12.0. The van der Waals surface area contributed by atoms with Gasteiger partial charge in [-0.3, -0.25) is 9.59 Å². The first-order chi connectivity index (χ1) is 13.0. The summed E-state index contributed by atoms with van der Waals surface area (Å²) in [6.45, 7) is 3.97. The Morgan fingerprint density at radius 2 is 1.81 bits per heavy atom. The van der Waals surface area contributed by atoms with Crippen molar-refractivity contribution in [3.63, 3.8) is 0 Å². The molecule has 2 aromatic carbocycles. The second kappa shape index (κ2) is 10.2. The number of benzene rings is 2. The zero-order valence-electron chi connectivity index (χ0n) is 15.9. The number of amides is 1. The van der Waals surface area contributed by atoms with Crippen molar-refractivity contribution < 1.29 is 23.8 Å². The van der Waals surface area contributed by atoms with Gasteiger partial charge in [0.05, 0.1) is 19.4 Å². The fourth-order valence-electron chi connectivity index (χ4n) is 2.44. The van der Waals surface area contributed by atoms with Crippen LogP contribution in [0.15, 0.2) is 42.5 Å². The summed E-state index contributed by atoms with van der Waals surface area (Å²) in [5.41, 5.74) is 2.64. The van der Waals surface area contributed by atoms with Crippen LogP contribution in [-0.4, -0.2) is 32.2 Å². The monoisotopic (exact) mass is 371 g/mol. The number of methoxy groups -OCH3 is 1. The van der Waals surface area contributed by atoms with Gasteiger partial charge < -0.3 is 19.5 Å². The summed E-state index contributed by atoms with van der Waals surface area (Å²) in [6, 6.07) is 13.2. The van der Waals surface area contributed by atoms with Crippen molar-refractivity contribution in [1.29, 1.82) is 0 Å². The van der Waals surface area contributed by atoms with E-state index in [0.717, 1.165) is 16.9 Å². The molecule has 1 N–H and O–H groups in total. The third kappa shape index (κ3) is 7.01. The van der Waals surface area contributed by atoms with Gasteiger partial charge in [0.2, 0.25) is 0 Å². The molecule has 2 rings (SSSR count). The van der Waals surface area contributed by atoms with Gasteiger partial charge in [0.25, 0.3) is 5.91 Å². The van der Waals surface area contributed by atoms with Crippen LogP contribution in [0.4, 0.5) is 5.69 Å². The number of hydrogen-bond donors (Lipinski definition) is 1. The van der Waals surface area contributed by atoms with E-state index in [1.807, 2.05) is 44.2 Å². The van der Waals surface area contributed by atoms with Gasteiger partial charge in [0, 0.05) is 6.42 Å². The van der Waals surface area contributed by atoms with E-state index in [1.54, 1.807) is 12.1 Å².